The van der Waals surface area contributed by atoms with Crippen molar-refractivity contribution in [2.45, 2.75) is 47.8 Å². The number of sulfone groups is 1. The fourth-order valence-corrected chi connectivity index (χ4v) is 5.90. The summed E-state index contributed by atoms with van der Waals surface area (Å²) in [5.41, 5.74) is 5.88. The maximum atomic E-state index is 13.2. The summed E-state index contributed by atoms with van der Waals surface area (Å²) in [5.74, 6) is -0.280. The number of benzene rings is 1. The lowest BCUT2D eigenvalue weighted by molar-refractivity contribution is -0.132. The van der Waals surface area contributed by atoms with Crippen LogP contribution in [0.3, 0.4) is 0 Å². The molecule has 7 heteroatoms. The van der Waals surface area contributed by atoms with E-state index in [9.17, 15) is 13.2 Å². The zero-order valence-electron chi connectivity index (χ0n) is 12.9. The number of carbonyl (C=O) groups excluding carboxylic acids is 1. The normalized spacial score (nSPS) is 24.1. The molecule has 126 valence electrons. The van der Waals surface area contributed by atoms with Crippen molar-refractivity contribution in [3.05, 3.63) is 29.3 Å². The van der Waals surface area contributed by atoms with Crippen LogP contribution in [0.1, 0.15) is 32.1 Å². The largest absolute Gasteiger partial charge is 0.340 e. The van der Waals surface area contributed by atoms with Gasteiger partial charge in [0.15, 0.2) is 14.6 Å². The molecule has 23 heavy (non-hydrogen) atoms. The smallest absolute Gasteiger partial charge is 0.244 e. The molecular formula is C16H21ClN2O3S. The van der Waals surface area contributed by atoms with Gasteiger partial charge in [-0.05, 0) is 43.5 Å². The van der Waals surface area contributed by atoms with E-state index in [4.69, 9.17) is 17.3 Å². The van der Waals surface area contributed by atoms with Crippen molar-refractivity contribution in [2.24, 2.45) is 5.73 Å². The lowest BCUT2D eigenvalue weighted by Crippen LogP contribution is -2.52. The molecule has 1 heterocycles. The third kappa shape index (κ3) is 2.77. The van der Waals surface area contributed by atoms with E-state index in [1.807, 2.05) is 0 Å². The molecular weight excluding hydrogens is 336 g/mol. The minimum absolute atomic E-state index is 0.0596. The molecule has 1 saturated carbocycles. The second kappa shape index (κ2) is 6.07. The van der Waals surface area contributed by atoms with Crippen molar-refractivity contribution in [1.82, 2.24) is 4.90 Å². The minimum Gasteiger partial charge on any atom is -0.340 e. The molecule has 2 aliphatic rings. The van der Waals surface area contributed by atoms with Gasteiger partial charge in [0.2, 0.25) is 5.91 Å². The lowest BCUT2D eigenvalue weighted by atomic mass is 10.1. The van der Waals surface area contributed by atoms with Gasteiger partial charge in [0.05, 0.1) is 4.90 Å². The van der Waals surface area contributed by atoms with Gasteiger partial charge in [0.25, 0.3) is 0 Å². The predicted molar refractivity (Wildman–Crippen MR) is 89.0 cm³/mol. The number of hydrogen-bond donors (Lipinski definition) is 1. The first-order valence-corrected chi connectivity index (χ1v) is 9.78. The standard InChI is InChI=1S/C16H21ClN2O3S/c17-12-3-5-14(6-4-12)23(21,22)16(8-1-2-9-16)15(20)19-10-7-13(18)11-19/h3-6,13H,1-2,7-11,18H2. The van der Waals surface area contributed by atoms with Gasteiger partial charge in [-0.25, -0.2) is 8.42 Å². The Kier molecular flexibility index (Phi) is 4.42. The summed E-state index contributed by atoms with van der Waals surface area (Å²) in [4.78, 5) is 14.9. The van der Waals surface area contributed by atoms with Crippen LogP contribution in [0.4, 0.5) is 0 Å². The molecule has 1 aliphatic heterocycles. The Hall–Kier alpha value is -1.11. The molecule has 1 aromatic carbocycles. The second-order valence-electron chi connectivity index (χ2n) is 6.46. The topological polar surface area (TPSA) is 80.5 Å². The van der Waals surface area contributed by atoms with Crippen LogP contribution >= 0.6 is 11.6 Å². The molecule has 3 rings (SSSR count). The van der Waals surface area contributed by atoms with Gasteiger partial charge < -0.3 is 10.6 Å². The van der Waals surface area contributed by atoms with Crippen LogP contribution in [0.5, 0.6) is 0 Å². The molecule has 1 aromatic rings. The average molecular weight is 357 g/mol. The highest BCUT2D eigenvalue weighted by Gasteiger charge is 2.54. The van der Waals surface area contributed by atoms with E-state index in [-0.39, 0.29) is 16.8 Å². The fraction of sp³-hybridized carbons (Fsp3) is 0.562. The van der Waals surface area contributed by atoms with Crippen LogP contribution in [0.25, 0.3) is 0 Å². The molecule has 0 spiro atoms. The molecule has 1 unspecified atom stereocenters. The summed E-state index contributed by atoms with van der Waals surface area (Å²) in [6, 6.07) is 6.01. The summed E-state index contributed by atoms with van der Waals surface area (Å²) >= 11 is 5.85. The Morgan fingerprint density at radius 2 is 1.83 bits per heavy atom. The van der Waals surface area contributed by atoms with Crippen LogP contribution in [0.15, 0.2) is 29.2 Å². The summed E-state index contributed by atoms with van der Waals surface area (Å²) in [6.45, 7) is 0.981. The first kappa shape index (κ1) is 16.7. The maximum Gasteiger partial charge on any atom is 0.244 e. The third-order valence-corrected chi connectivity index (χ3v) is 7.71. The van der Waals surface area contributed by atoms with Crippen LogP contribution in [-0.4, -0.2) is 43.1 Å². The number of nitrogens with two attached hydrogens (primary N) is 1. The molecule has 0 bridgehead atoms. The van der Waals surface area contributed by atoms with Crippen LogP contribution < -0.4 is 5.73 Å². The lowest BCUT2D eigenvalue weighted by Gasteiger charge is -2.32. The number of amides is 1. The van der Waals surface area contributed by atoms with E-state index in [0.29, 0.717) is 31.0 Å². The minimum atomic E-state index is -3.76. The number of likely N-dealkylation sites (tertiary alicyclic amines) is 1. The molecule has 1 amide bonds. The highest BCUT2D eigenvalue weighted by atomic mass is 35.5. The van der Waals surface area contributed by atoms with Gasteiger partial charge >= 0.3 is 0 Å². The monoisotopic (exact) mass is 356 g/mol. The zero-order valence-corrected chi connectivity index (χ0v) is 14.4. The number of halogens is 1. The molecule has 1 saturated heterocycles. The summed E-state index contributed by atoms with van der Waals surface area (Å²) < 4.78 is 25.1. The van der Waals surface area contributed by atoms with E-state index < -0.39 is 14.6 Å². The van der Waals surface area contributed by atoms with E-state index in [1.54, 1.807) is 17.0 Å². The maximum absolute atomic E-state index is 13.2. The molecule has 1 atom stereocenters. The van der Waals surface area contributed by atoms with Crippen molar-refractivity contribution in [3.63, 3.8) is 0 Å². The third-order valence-electron chi connectivity index (χ3n) is 4.95. The first-order chi connectivity index (χ1) is 10.9. The zero-order chi connectivity index (χ0) is 16.7. The van der Waals surface area contributed by atoms with E-state index in [2.05, 4.69) is 0 Å². The highest BCUT2D eigenvalue weighted by Crippen LogP contribution is 2.42. The molecule has 5 nitrogen and oxygen atoms in total. The predicted octanol–water partition coefficient (Wildman–Crippen LogP) is 1.99. The molecule has 2 N–H and O–H groups in total. The van der Waals surface area contributed by atoms with E-state index in [0.717, 1.165) is 19.3 Å². The Bertz CT molecular complexity index is 697. The Morgan fingerprint density at radius 3 is 2.35 bits per heavy atom. The van der Waals surface area contributed by atoms with Gasteiger partial charge in [-0.3, -0.25) is 4.79 Å². The van der Waals surface area contributed by atoms with Crippen LogP contribution in [0.2, 0.25) is 5.02 Å². The van der Waals surface area contributed by atoms with Crippen LogP contribution in [0, 0.1) is 0 Å². The van der Waals surface area contributed by atoms with Gasteiger partial charge in [-0.15, -0.1) is 0 Å². The van der Waals surface area contributed by atoms with Crippen LogP contribution in [-0.2, 0) is 14.6 Å². The fourth-order valence-electron chi connectivity index (χ4n) is 3.64. The van der Waals surface area contributed by atoms with Gasteiger partial charge in [0.1, 0.15) is 0 Å². The average Bonchev–Trinajstić information content (AvgIpc) is 3.17. The first-order valence-electron chi connectivity index (χ1n) is 7.92. The summed E-state index contributed by atoms with van der Waals surface area (Å²) in [6.07, 6.45) is 2.98. The number of carbonyl (C=O) groups is 1. The second-order valence-corrected chi connectivity index (χ2v) is 9.15. The van der Waals surface area contributed by atoms with Crippen molar-refractivity contribution in [2.75, 3.05) is 13.1 Å². The number of hydrogen-bond acceptors (Lipinski definition) is 4. The van der Waals surface area contributed by atoms with Crippen molar-refractivity contribution >= 4 is 27.3 Å². The van der Waals surface area contributed by atoms with Crippen molar-refractivity contribution in [3.8, 4) is 0 Å². The molecule has 1 aliphatic carbocycles. The highest BCUT2D eigenvalue weighted by molar-refractivity contribution is 7.93. The van der Waals surface area contributed by atoms with E-state index >= 15 is 0 Å². The van der Waals surface area contributed by atoms with Gasteiger partial charge in [-0.2, -0.15) is 0 Å². The SMILES string of the molecule is NC1CCN(C(=O)C2(S(=O)(=O)c3ccc(Cl)cc3)CCCC2)C1. The summed E-state index contributed by atoms with van der Waals surface area (Å²) in [7, 11) is -3.76. The number of rotatable bonds is 3. The van der Waals surface area contributed by atoms with Gasteiger partial charge in [0, 0.05) is 24.2 Å². The van der Waals surface area contributed by atoms with Gasteiger partial charge in [-0.1, -0.05) is 24.4 Å². The Balaban J connectivity index is 2.00. The quantitative estimate of drug-likeness (QED) is 0.898. The van der Waals surface area contributed by atoms with Crippen molar-refractivity contribution in [1.29, 1.82) is 0 Å². The van der Waals surface area contributed by atoms with Crippen molar-refractivity contribution < 1.29 is 13.2 Å². The Labute approximate surface area is 141 Å². The molecule has 0 radical (unpaired) electrons. The molecule has 0 aromatic heterocycles. The number of nitrogens with zero attached hydrogens (tertiary/aromatic N) is 1. The summed E-state index contributed by atoms with van der Waals surface area (Å²) in [5, 5.41) is 0.473. The molecule has 2 fully saturated rings. The van der Waals surface area contributed by atoms with E-state index in [1.165, 1.54) is 12.1 Å². The Morgan fingerprint density at radius 1 is 1.22 bits per heavy atom.